The van der Waals surface area contributed by atoms with E-state index in [4.69, 9.17) is 21.7 Å². The van der Waals surface area contributed by atoms with Crippen molar-refractivity contribution in [2.75, 3.05) is 31.4 Å². The summed E-state index contributed by atoms with van der Waals surface area (Å²) >= 11 is 5.50. The molecule has 0 atom stereocenters. The van der Waals surface area contributed by atoms with Crippen molar-refractivity contribution in [2.45, 2.75) is 20.3 Å². The Bertz CT molecular complexity index is 1070. The molecule has 0 aliphatic rings. The van der Waals surface area contributed by atoms with Crippen LogP contribution in [0.5, 0.6) is 11.5 Å². The molecule has 0 aliphatic carbocycles. The van der Waals surface area contributed by atoms with Crippen LogP contribution >= 0.6 is 12.2 Å². The van der Waals surface area contributed by atoms with E-state index in [-0.39, 0.29) is 0 Å². The van der Waals surface area contributed by atoms with Crippen LogP contribution in [0.4, 0.5) is 11.6 Å². The average molecular weight is 455 g/mol. The van der Waals surface area contributed by atoms with Crippen LogP contribution in [-0.4, -0.2) is 51.8 Å². The highest BCUT2D eigenvalue weighted by atomic mass is 32.1. The fourth-order valence-corrected chi connectivity index (χ4v) is 3.09. The largest absolute Gasteiger partial charge is 0.497 e. The fraction of sp³-hybridized carbons (Fsp3) is 0.286. The van der Waals surface area contributed by atoms with Gasteiger partial charge < -0.3 is 25.1 Å². The van der Waals surface area contributed by atoms with Crippen molar-refractivity contribution in [2.24, 2.45) is 4.99 Å². The molecule has 0 amide bonds. The molecule has 0 aliphatic heterocycles. The second-order valence-electron chi connectivity index (χ2n) is 6.80. The number of aromatic amines is 1. The SMILES string of the molecule is COc1ccc(OC)c(NC(=S)NC(=NCCc2cnc[nH]2)Nc2nc(C)cc(C)n2)c1. The Labute approximate surface area is 191 Å². The van der Waals surface area contributed by atoms with Gasteiger partial charge in [-0.3, -0.25) is 10.3 Å². The molecule has 3 aromatic rings. The van der Waals surface area contributed by atoms with Gasteiger partial charge in [0.1, 0.15) is 11.5 Å². The zero-order chi connectivity index (χ0) is 22.9. The van der Waals surface area contributed by atoms with Crippen LogP contribution in [0.1, 0.15) is 17.1 Å². The molecule has 10 nitrogen and oxygen atoms in total. The molecule has 0 unspecified atom stereocenters. The number of aliphatic imine (C=N–C) groups is 1. The number of hydrogen-bond acceptors (Lipinski definition) is 7. The number of ether oxygens (including phenoxy) is 2. The van der Waals surface area contributed by atoms with Gasteiger partial charge in [-0.1, -0.05) is 0 Å². The summed E-state index contributed by atoms with van der Waals surface area (Å²) in [5.74, 6) is 2.13. The number of imidazole rings is 1. The molecule has 4 N–H and O–H groups in total. The van der Waals surface area contributed by atoms with Crippen molar-refractivity contribution in [1.82, 2.24) is 25.3 Å². The van der Waals surface area contributed by atoms with Crippen LogP contribution in [0.25, 0.3) is 0 Å². The van der Waals surface area contributed by atoms with Crippen molar-refractivity contribution in [3.05, 3.63) is 53.9 Å². The van der Waals surface area contributed by atoms with E-state index in [1.165, 1.54) is 0 Å². The summed E-state index contributed by atoms with van der Waals surface area (Å²) in [5, 5.41) is 9.63. The minimum absolute atomic E-state index is 0.314. The van der Waals surface area contributed by atoms with E-state index in [1.807, 2.05) is 26.0 Å². The molecule has 0 radical (unpaired) electrons. The molecule has 1 aromatic carbocycles. The summed E-state index contributed by atoms with van der Waals surface area (Å²) in [6.07, 6.45) is 4.09. The van der Waals surface area contributed by atoms with E-state index in [1.54, 1.807) is 38.9 Å². The Kier molecular flexibility index (Phi) is 7.92. The molecule has 32 heavy (non-hydrogen) atoms. The molecule has 11 heteroatoms. The highest BCUT2D eigenvalue weighted by molar-refractivity contribution is 7.80. The van der Waals surface area contributed by atoms with Gasteiger partial charge in [-0.2, -0.15) is 0 Å². The second-order valence-corrected chi connectivity index (χ2v) is 7.21. The maximum Gasteiger partial charge on any atom is 0.229 e. The number of nitrogens with zero attached hydrogens (tertiary/aromatic N) is 4. The van der Waals surface area contributed by atoms with Gasteiger partial charge >= 0.3 is 0 Å². The predicted octanol–water partition coefficient (Wildman–Crippen LogP) is 2.83. The van der Waals surface area contributed by atoms with Gasteiger partial charge in [-0.25, -0.2) is 15.0 Å². The number of aryl methyl sites for hydroxylation is 2. The number of nitrogens with one attached hydrogen (secondary N) is 4. The van der Waals surface area contributed by atoms with Crippen LogP contribution in [0.2, 0.25) is 0 Å². The first-order valence-corrected chi connectivity index (χ1v) is 10.3. The molecule has 0 fully saturated rings. The summed E-state index contributed by atoms with van der Waals surface area (Å²) in [5.41, 5.74) is 3.33. The number of benzene rings is 1. The van der Waals surface area contributed by atoms with Gasteiger partial charge in [0.05, 0.1) is 26.2 Å². The van der Waals surface area contributed by atoms with Crippen molar-refractivity contribution >= 4 is 34.9 Å². The van der Waals surface area contributed by atoms with Gasteiger partial charge in [0.2, 0.25) is 11.9 Å². The van der Waals surface area contributed by atoms with Gasteiger partial charge in [0.15, 0.2) is 5.11 Å². The van der Waals surface area contributed by atoms with Crippen LogP contribution in [0.15, 0.2) is 41.8 Å². The van der Waals surface area contributed by atoms with Crippen LogP contribution < -0.4 is 25.4 Å². The van der Waals surface area contributed by atoms with Crippen molar-refractivity contribution in [3.8, 4) is 11.5 Å². The monoisotopic (exact) mass is 454 g/mol. The van der Waals surface area contributed by atoms with E-state index in [0.29, 0.717) is 47.2 Å². The number of rotatable bonds is 7. The van der Waals surface area contributed by atoms with Gasteiger partial charge in [-0.05, 0) is 44.3 Å². The highest BCUT2D eigenvalue weighted by Gasteiger charge is 2.10. The van der Waals surface area contributed by atoms with E-state index in [2.05, 4.69) is 40.9 Å². The van der Waals surface area contributed by atoms with Crippen molar-refractivity contribution in [3.63, 3.8) is 0 Å². The number of aromatic nitrogens is 4. The maximum atomic E-state index is 5.50. The Morgan fingerprint density at radius 2 is 1.88 bits per heavy atom. The molecular formula is C21H26N8O2S. The fourth-order valence-electron chi connectivity index (χ4n) is 2.88. The third kappa shape index (κ3) is 6.64. The van der Waals surface area contributed by atoms with Gasteiger partial charge in [0, 0.05) is 42.3 Å². The lowest BCUT2D eigenvalue weighted by molar-refractivity contribution is 0.405. The number of anilines is 2. The molecule has 2 heterocycles. The number of thiocarbonyl (C=S) groups is 1. The first kappa shape index (κ1) is 22.9. The van der Waals surface area contributed by atoms with E-state index >= 15 is 0 Å². The first-order chi connectivity index (χ1) is 15.5. The first-order valence-electron chi connectivity index (χ1n) is 9.88. The highest BCUT2D eigenvalue weighted by Crippen LogP contribution is 2.28. The Morgan fingerprint density at radius 1 is 1.09 bits per heavy atom. The molecule has 0 saturated carbocycles. The summed E-state index contributed by atoms with van der Waals surface area (Å²) in [6, 6.07) is 7.30. The van der Waals surface area contributed by atoms with Crippen LogP contribution in [0, 0.1) is 13.8 Å². The van der Waals surface area contributed by atoms with Crippen molar-refractivity contribution in [1.29, 1.82) is 0 Å². The number of methoxy groups -OCH3 is 2. The predicted molar refractivity (Wildman–Crippen MR) is 129 cm³/mol. The molecule has 2 aromatic heterocycles. The number of H-pyrrole nitrogens is 1. The zero-order valence-corrected chi connectivity index (χ0v) is 19.2. The molecule has 168 valence electrons. The lowest BCUT2D eigenvalue weighted by atomic mass is 10.2. The summed E-state index contributed by atoms with van der Waals surface area (Å²) in [4.78, 5) is 20.5. The topological polar surface area (TPSA) is 121 Å². The molecular weight excluding hydrogens is 428 g/mol. The number of guanidine groups is 1. The Hall–Kier alpha value is -3.73. The molecule has 0 saturated heterocycles. The summed E-state index contributed by atoms with van der Waals surface area (Å²) in [6.45, 7) is 4.31. The minimum atomic E-state index is 0.314. The molecule has 0 spiro atoms. The lowest BCUT2D eigenvalue weighted by Gasteiger charge is -2.16. The lowest BCUT2D eigenvalue weighted by Crippen LogP contribution is -2.39. The summed E-state index contributed by atoms with van der Waals surface area (Å²) in [7, 11) is 3.19. The standard InChI is InChI=1S/C21H26N8O2S/c1-13-9-14(2)26-20(25-13)28-19(23-8-7-15-11-22-12-24-15)29-21(32)27-17-10-16(30-3)5-6-18(17)31-4/h5-6,9-12H,7-8H2,1-4H3,(H,22,24)(H3,23,25,26,27,28,29,32). The zero-order valence-electron chi connectivity index (χ0n) is 18.4. The van der Waals surface area contributed by atoms with Gasteiger partial charge in [-0.15, -0.1) is 0 Å². The second kappa shape index (κ2) is 11.0. The van der Waals surface area contributed by atoms with Crippen LogP contribution in [-0.2, 0) is 6.42 Å². The summed E-state index contributed by atoms with van der Waals surface area (Å²) < 4.78 is 10.7. The third-order valence-electron chi connectivity index (χ3n) is 4.31. The number of hydrogen-bond donors (Lipinski definition) is 4. The normalized spacial score (nSPS) is 11.1. The maximum absolute atomic E-state index is 5.50. The van der Waals surface area contributed by atoms with Crippen LogP contribution in [0.3, 0.4) is 0 Å². The average Bonchev–Trinajstić information content (AvgIpc) is 3.26. The quantitative estimate of drug-likeness (QED) is 0.242. The van der Waals surface area contributed by atoms with E-state index in [0.717, 1.165) is 17.1 Å². The van der Waals surface area contributed by atoms with Crippen molar-refractivity contribution < 1.29 is 9.47 Å². The Morgan fingerprint density at radius 3 is 2.53 bits per heavy atom. The molecule has 0 bridgehead atoms. The van der Waals surface area contributed by atoms with E-state index < -0.39 is 0 Å². The third-order valence-corrected chi connectivity index (χ3v) is 4.51. The van der Waals surface area contributed by atoms with Gasteiger partial charge in [0.25, 0.3) is 0 Å². The minimum Gasteiger partial charge on any atom is -0.497 e. The Balaban J connectivity index is 1.75. The smallest absolute Gasteiger partial charge is 0.229 e. The molecule has 3 rings (SSSR count). The van der Waals surface area contributed by atoms with E-state index in [9.17, 15) is 0 Å².